The van der Waals surface area contributed by atoms with E-state index in [1.807, 2.05) is 4.72 Å². The number of piperidine rings is 1. The van der Waals surface area contributed by atoms with Crippen molar-refractivity contribution in [1.82, 2.24) is 9.62 Å². The standard InChI is InChI=1S/C29H34F5N3O4S/c30-28(31,19-5-7-20(8-6-19)29(32,33)34)26(27(38)37-22-9-10-23(37)16-21(35)15-22)36-42(39,40)25-13-11-24(12-14-25)41-17-18-3-1-2-4-18/h5-8,11-14,18,21-23,26,36H,1-4,9-10,15-17,35H2/t21?,22?,23?,26-/m1/s1. The van der Waals surface area contributed by atoms with Gasteiger partial charge in [0.05, 0.1) is 17.1 Å². The molecule has 3 fully saturated rings. The van der Waals surface area contributed by atoms with Crippen molar-refractivity contribution >= 4 is 15.9 Å². The van der Waals surface area contributed by atoms with Gasteiger partial charge in [-0.2, -0.15) is 26.7 Å². The summed E-state index contributed by atoms with van der Waals surface area (Å²) in [6.07, 6.45) is 1.48. The van der Waals surface area contributed by atoms with Crippen molar-refractivity contribution in [3.63, 3.8) is 0 Å². The number of nitrogens with one attached hydrogen (secondary N) is 1. The van der Waals surface area contributed by atoms with Crippen LogP contribution in [0, 0.1) is 5.92 Å². The van der Waals surface area contributed by atoms with Crippen LogP contribution in [0.15, 0.2) is 53.4 Å². The lowest BCUT2D eigenvalue weighted by molar-refractivity contribution is -0.149. The van der Waals surface area contributed by atoms with Crippen LogP contribution in [-0.4, -0.2) is 50.0 Å². The molecule has 230 valence electrons. The van der Waals surface area contributed by atoms with Gasteiger partial charge < -0.3 is 15.4 Å². The number of amides is 1. The van der Waals surface area contributed by atoms with E-state index in [9.17, 15) is 26.4 Å². The number of hydrogen-bond acceptors (Lipinski definition) is 5. The van der Waals surface area contributed by atoms with E-state index in [0.717, 1.165) is 25.7 Å². The Labute approximate surface area is 241 Å². The number of nitrogens with zero attached hydrogens (tertiary/aromatic N) is 1. The molecule has 2 aromatic carbocycles. The number of rotatable bonds is 9. The smallest absolute Gasteiger partial charge is 0.416 e. The number of carbonyl (C=O) groups excluding carboxylic acids is 1. The maximum Gasteiger partial charge on any atom is 0.416 e. The molecule has 5 rings (SSSR count). The van der Waals surface area contributed by atoms with Crippen LogP contribution < -0.4 is 15.2 Å². The molecule has 42 heavy (non-hydrogen) atoms. The predicted octanol–water partition coefficient (Wildman–Crippen LogP) is 5.19. The average molecular weight is 616 g/mol. The molecule has 0 spiro atoms. The summed E-state index contributed by atoms with van der Waals surface area (Å²) < 4.78 is 106. The zero-order chi connectivity index (χ0) is 30.3. The lowest BCUT2D eigenvalue weighted by Gasteiger charge is -2.41. The highest BCUT2D eigenvalue weighted by molar-refractivity contribution is 7.89. The average Bonchev–Trinajstić information content (AvgIpc) is 3.56. The Bertz CT molecular complexity index is 1350. The number of sulfonamides is 1. The molecule has 2 unspecified atom stereocenters. The van der Waals surface area contributed by atoms with Crippen LogP contribution in [0.3, 0.4) is 0 Å². The van der Waals surface area contributed by atoms with Crippen molar-refractivity contribution in [3.8, 4) is 5.75 Å². The molecular weight excluding hydrogens is 581 g/mol. The predicted molar refractivity (Wildman–Crippen MR) is 144 cm³/mol. The van der Waals surface area contributed by atoms with Crippen LogP contribution in [-0.2, 0) is 26.9 Å². The minimum Gasteiger partial charge on any atom is -0.493 e. The maximum absolute atomic E-state index is 16.1. The van der Waals surface area contributed by atoms with Gasteiger partial charge in [0.2, 0.25) is 15.9 Å². The molecule has 0 radical (unpaired) electrons. The number of hydrogen-bond donors (Lipinski definition) is 2. The van der Waals surface area contributed by atoms with Crippen LogP contribution in [0.25, 0.3) is 0 Å². The van der Waals surface area contributed by atoms with Crippen LogP contribution in [0.1, 0.15) is 62.5 Å². The molecule has 13 heteroatoms. The van der Waals surface area contributed by atoms with Gasteiger partial charge in [0.15, 0.2) is 6.04 Å². The van der Waals surface area contributed by atoms with E-state index in [0.29, 0.717) is 68.2 Å². The van der Waals surface area contributed by atoms with Gasteiger partial charge in [-0.1, -0.05) is 25.0 Å². The highest BCUT2D eigenvalue weighted by Gasteiger charge is 2.53. The number of benzene rings is 2. The minimum atomic E-state index is -4.76. The number of carbonyl (C=O) groups is 1. The molecule has 2 heterocycles. The Hall–Kier alpha value is -2.77. The summed E-state index contributed by atoms with van der Waals surface area (Å²) >= 11 is 0. The van der Waals surface area contributed by atoms with Gasteiger partial charge in [0, 0.05) is 23.7 Å². The first-order valence-electron chi connectivity index (χ1n) is 14.1. The summed E-state index contributed by atoms with van der Waals surface area (Å²) in [4.78, 5) is 14.7. The van der Waals surface area contributed by atoms with Crippen molar-refractivity contribution in [2.75, 3.05) is 6.61 Å². The van der Waals surface area contributed by atoms with Crippen molar-refractivity contribution in [2.24, 2.45) is 11.7 Å². The second kappa shape index (κ2) is 11.7. The summed E-state index contributed by atoms with van der Waals surface area (Å²) in [6, 6.07) is 3.64. The van der Waals surface area contributed by atoms with E-state index in [4.69, 9.17) is 10.5 Å². The van der Waals surface area contributed by atoms with E-state index in [1.165, 1.54) is 29.2 Å². The SMILES string of the molecule is NC1CC2CCC(C1)N2C(=O)[C@@H](NS(=O)(=O)c1ccc(OCC2CCCC2)cc1)C(F)(F)c1ccc(C(F)(F)F)cc1. The van der Waals surface area contributed by atoms with E-state index in [2.05, 4.69) is 0 Å². The molecule has 3 N–H and O–H groups in total. The number of ether oxygens (including phenoxy) is 1. The molecule has 1 amide bonds. The summed E-state index contributed by atoms with van der Waals surface area (Å²) in [6.45, 7) is 0.488. The first kappa shape index (κ1) is 30.7. The largest absolute Gasteiger partial charge is 0.493 e. The minimum absolute atomic E-state index is 0.216. The fraction of sp³-hybridized carbons (Fsp3) is 0.552. The molecule has 1 aliphatic carbocycles. The Morgan fingerprint density at radius 1 is 0.905 bits per heavy atom. The third kappa shape index (κ3) is 6.42. The van der Waals surface area contributed by atoms with Crippen LogP contribution in [0.4, 0.5) is 22.0 Å². The van der Waals surface area contributed by atoms with E-state index in [1.54, 1.807) is 0 Å². The van der Waals surface area contributed by atoms with Crippen molar-refractivity contribution in [2.45, 2.75) is 92.5 Å². The number of halogens is 5. The number of fused-ring (bicyclic) bond motifs is 2. The van der Waals surface area contributed by atoms with Gasteiger partial charge in [0.25, 0.3) is 5.92 Å². The van der Waals surface area contributed by atoms with Gasteiger partial charge in [-0.3, -0.25) is 4.79 Å². The van der Waals surface area contributed by atoms with Crippen molar-refractivity contribution in [1.29, 1.82) is 0 Å². The molecular formula is C29H34F5N3O4S. The Balaban J connectivity index is 1.42. The molecule has 2 aliphatic heterocycles. The molecule has 3 atom stereocenters. The van der Waals surface area contributed by atoms with Gasteiger partial charge in [-0.25, -0.2) is 8.42 Å². The quantitative estimate of drug-likeness (QED) is 0.378. The lowest BCUT2D eigenvalue weighted by atomic mass is 9.94. The molecule has 7 nitrogen and oxygen atoms in total. The summed E-state index contributed by atoms with van der Waals surface area (Å²) in [7, 11) is -4.68. The molecule has 2 aromatic rings. The Morgan fingerprint density at radius 2 is 1.45 bits per heavy atom. The Morgan fingerprint density at radius 3 is 2.00 bits per heavy atom. The lowest BCUT2D eigenvalue weighted by Crippen LogP contribution is -2.60. The third-order valence-corrected chi connectivity index (χ3v) is 10.0. The molecule has 1 saturated carbocycles. The second-order valence-corrected chi connectivity index (χ2v) is 13.3. The summed E-state index contributed by atoms with van der Waals surface area (Å²) in [5, 5.41) is 0. The molecule has 3 aliphatic rings. The Kier molecular flexibility index (Phi) is 8.56. The summed E-state index contributed by atoms with van der Waals surface area (Å²) in [5.74, 6) is -4.48. The highest BCUT2D eigenvalue weighted by atomic mass is 32.2. The fourth-order valence-corrected chi connectivity index (χ4v) is 7.57. The molecule has 2 bridgehead atoms. The monoisotopic (exact) mass is 615 g/mol. The first-order chi connectivity index (χ1) is 19.8. The zero-order valence-electron chi connectivity index (χ0n) is 22.8. The van der Waals surface area contributed by atoms with Crippen LogP contribution >= 0.6 is 0 Å². The second-order valence-electron chi connectivity index (χ2n) is 11.5. The fourth-order valence-electron chi connectivity index (χ4n) is 6.38. The first-order valence-corrected chi connectivity index (χ1v) is 15.6. The van der Waals surface area contributed by atoms with Crippen LogP contribution in [0.5, 0.6) is 5.75 Å². The zero-order valence-corrected chi connectivity index (χ0v) is 23.6. The maximum atomic E-state index is 16.1. The van der Waals surface area contributed by atoms with Gasteiger partial charge in [-0.15, -0.1) is 0 Å². The van der Waals surface area contributed by atoms with E-state index < -0.39 is 57.3 Å². The normalized spacial score (nSPS) is 24.1. The van der Waals surface area contributed by atoms with E-state index >= 15 is 8.78 Å². The van der Waals surface area contributed by atoms with Crippen molar-refractivity contribution < 1.29 is 39.9 Å². The molecule has 2 saturated heterocycles. The third-order valence-electron chi connectivity index (χ3n) is 8.60. The van der Waals surface area contributed by atoms with Gasteiger partial charge >= 0.3 is 6.18 Å². The van der Waals surface area contributed by atoms with Crippen LogP contribution in [0.2, 0.25) is 0 Å². The number of alkyl halides is 5. The summed E-state index contributed by atoms with van der Waals surface area (Å²) in [5.41, 5.74) is 4.00. The van der Waals surface area contributed by atoms with Gasteiger partial charge in [-0.05, 0) is 80.8 Å². The highest BCUT2D eigenvalue weighted by Crippen LogP contribution is 2.40. The van der Waals surface area contributed by atoms with Crippen molar-refractivity contribution in [3.05, 3.63) is 59.7 Å². The topological polar surface area (TPSA) is 102 Å². The number of nitrogens with two attached hydrogens (primary N) is 1. The van der Waals surface area contributed by atoms with E-state index in [-0.39, 0.29) is 10.9 Å². The molecule has 0 aromatic heterocycles. The van der Waals surface area contributed by atoms with Gasteiger partial charge in [0.1, 0.15) is 5.75 Å².